The van der Waals surface area contributed by atoms with Crippen LogP contribution >= 0.6 is 0 Å². The maximum absolute atomic E-state index is 13.4. The van der Waals surface area contributed by atoms with Gasteiger partial charge in [0.2, 0.25) is 0 Å². The zero-order valence-electron chi connectivity index (χ0n) is 10.4. The second kappa shape index (κ2) is 5.24. The smallest absolute Gasteiger partial charge is 0.138 e. The van der Waals surface area contributed by atoms with Crippen molar-refractivity contribution in [1.29, 1.82) is 0 Å². The van der Waals surface area contributed by atoms with E-state index in [2.05, 4.69) is 15.5 Å². The van der Waals surface area contributed by atoms with Crippen molar-refractivity contribution < 1.29 is 4.39 Å². The fourth-order valence-corrected chi connectivity index (χ4v) is 1.93. The molecule has 0 saturated carbocycles. The normalized spacial score (nSPS) is 12.7. The first-order valence-corrected chi connectivity index (χ1v) is 5.66. The van der Waals surface area contributed by atoms with E-state index in [9.17, 15) is 4.39 Å². The quantitative estimate of drug-likeness (QED) is 0.627. The minimum atomic E-state index is -0.261. The van der Waals surface area contributed by atoms with Crippen molar-refractivity contribution in [2.45, 2.75) is 19.4 Å². The second-order valence-electron chi connectivity index (χ2n) is 4.29. The summed E-state index contributed by atoms with van der Waals surface area (Å²) < 4.78 is 15.1. The number of aromatic nitrogens is 3. The van der Waals surface area contributed by atoms with Gasteiger partial charge in [-0.25, -0.2) is 9.37 Å². The van der Waals surface area contributed by atoms with Gasteiger partial charge in [0.15, 0.2) is 0 Å². The molecule has 0 fully saturated rings. The minimum Gasteiger partial charge on any atom is -0.271 e. The predicted molar refractivity (Wildman–Crippen MR) is 65.9 cm³/mol. The SMILES string of the molecule is Cc1cc(F)cc(C(Cc2ncnn2C)NN)c1. The van der Waals surface area contributed by atoms with Crippen molar-refractivity contribution in [3.05, 3.63) is 47.3 Å². The topological polar surface area (TPSA) is 68.8 Å². The molecule has 1 heterocycles. The lowest BCUT2D eigenvalue weighted by atomic mass is 10.0. The van der Waals surface area contributed by atoms with Crippen LogP contribution in [-0.4, -0.2) is 14.8 Å². The summed E-state index contributed by atoms with van der Waals surface area (Å²) in [6, 6.07) is 4.68. The molecule has 1 unspecified atom stereocenters. The molecule has 2 aromatic rings. The van der Waals surface area contributed by atoms with Crippen LogP contribution in [0.25, 0.3) is 0 Å². The second-order valence-corrected chi connectivity index (χ2v) is 4.29. The van der Waals surface area contributed by atoms with Crippen LogP contribution in [0.1, 0.15) is 23.0 Å². The lowest BCUT2D eigenvalue weighted by Crippen LogP contribution is -2.30. The average Bonchev–Trinajstić information content (AvgIpc) is 2.70. The Morgan fingerprint density at radius 3 is 2.78 bits per heavy atom. The number of hydrazine groups is 1. The van der Waals surface area contributed by atoms with Crippen LogP contribution in [-0.2, 0) is 13.5 Å². The summed E-state index contributed by atoms with van der Waals surface area (Å²) in [5.41, 5.74) is 4.36. The van der Waals surface area contributed by atoms with Crippen LogP contribution in [0.4, 0.5) is 4.39 Å². The van der Waals surface area contributed by atoms with E-state index in [1.807, 2.05) is 20.0 Å². The van der Waals surface area contributed by atoms with E-state index in [-0.39, 0.29) is 11.9 Å². The van der Waals surface area contributed by atoms with Gasteiger partial charge in [0.1, 0.15) is 18.0 Å². The number of rotatable bonds is 4. The Morgan fingerprint density at radius 1 is 1.44 bits per heavy atom. The number of aryl methyl sites for hydroxylation is 2. The highest BCUT2D eigenvalue weighted by molar-refractivity contribution is 5.26. The van der Waals surface area contributed by atoms with Crippen molar-refractivity contribution in [3.63, 3.8) is 0 Å². The Labute approximate surface area is 105 Å². The van der Waals surface area contributed by atoms with Crippen molar-refractivity contribution >= 4 is 0 Å². The lowest BCUT2D eigenvalue weighted by molar-refractivity contribution is 0.518. The summed E-state index contributed by atoms with van der Waals surface area (Å²) in [6.07, 6.45) is 2.04. The van der Waals surface area contributed by atoms with Crippen LogP contribution in [0.15, 0.2) is 24.5 Å². The molecular weight excluding hydrogens is 233 g/mol. The first kappa shape index (κ1) is 12.7. The van der Waals surface area contributed by atoms with E-state index in [0.717, 1.165) is 17.0 Å². The number of nitrogens with zero attached hydrogens (tertiary/aromatic N) is 3. The average molecular weight is 249 g/mol. The molecule has 0 radical (unpaired) electrons. The van der Waals surface area contributed by atoms with Crippen LogP contribution in [0.5, 0.6) is 0 Å². The molecule has 1 aromatic heterocycles. The molecule has 0 spiro atoms. The molecular formula is C12H16FN5. The van der Waals surface area contributed by atoms with Crippen LogP contribution in [0.3, 0.4) is 0 Å². The summed E-state index contributed by atoms with van der Waals surface area (Å²) in [5, 5.41) is 4.00. The largest absolute Gasteiger partial charge is 0.271 e. The molecule has 0 aliphatic rings. The minimum absolute atomic E-state index is 0.192. The van der Waals surface area contributed by atoms with E-state index in [0.29, 0.717) is 6.42 Å². The number of nitrogens with two attached hydrogens (primary N) is 1. The summed E-state index contributed by atoms with van der Waals surface area (Å²) in [5.74, 6) is 6.07. The van der Waals surface area contributed by atoms with Gasteiger partial charge in [0.25, 0.3) is 0 Å². The van der Waals surface area contributed by atoms with Crippen molar-refractivity contribution in [2.24, 2.45) is 12.9 Å². The van der Waals surface area contributed by atoms with Gasteiger partial charge < -0.3 is 0 Å². The molecule has 3 N–H and O–H groups in total. The zero-order chi connectivity index (χ0) is 13.1. The molecule has 0 aliphatic carbocycles. The standard InChI is InChI=1S/C12H16FN5/c1-8-3-9(5-10(13)4-8)11(17-14)6-12-15-7-16-18(12)2/h3-5,7,11,17H,6,14H2,1-2H3. The van der Waals surface area contributed by atoms with Gasteiger partial charge in [0.05, 0.1) is 6.04 Å². The van der Waals surface area contributed by atoms with Gasteiger partial charge in [-0.05, 0) is 30.2 Å². The first-order chi connectivity index (χ1) is 8.60. The number of hydrogen-bond donors (Lipinski definition) is 2. The van der Waals surface area contributed by atoms with Gasteiger partial charge in [-0.1, -0.05) is 6.07 Å². The molecule has 0 saturated heterocycles. The monoisotopic (exact) mass is 249 g/mol. The third-order valence-corrected chi connectivity index (χ3v) is 2.86. The summed E-state index contributed by atoms with van der Waals surface area (Å²) in [6.45, 7) is 1.85. The Bertz CT molecular complexity index is 517. The van der Waals surface area contributed by atoms with Crippen molar-refractivity contribution in [3.8, 4) is 0 Å². The van der Waals surface area contributed by atoms with E-state index >= 15 is 0 Å². The fourth-order valence-electron chi connectivity index (χ4n) is 1.93. The highest BCUT2D eigenvalue weighted by Crippen LogP contribution is 2.19. The predicted octanol–water partition coefficient (Wildman–Crippen LogP) is 1.01. The molecule has 18 heavy (non-hydrogen) atoms. The Hall–Kier alpha value is -1.79. The summed E-state index contributed by atoms with van der Waals surface area (Å²) in [4.78, 5) is 4.14. The van der Waals surface area contributed by atoms with Crippen LogP contribution in [0, 0.1) is 12.7 Å². The fraction of sp³-hybridized carbons (Fsp3) is 0.333. The molecule has 1 atom stereocenters. The molecule has 5 nitrogen and oxygen atoms in total. The third-order valence-electron chi connectivity index (χ3n) is 2.86. The number of benzene rings is 1. The van der Waals surface area contributed by atoms with Gasteiger partial charge >= 0.3 is 0 Å². The van der Waals surface area contributed by atoms with Gasteiger partial charge in [-0.3, -0.25) is 16.0 Å². The van der Waals surface area contributed by atoms with Gasteiger partial charge in [-0.15, -0.1) is 0 Å². The third kappa shape index (κ3) is 2.72. The van der Waals surface area contributed by atoms with Crippen LogP contribution in [0.2, 0.25) is 0 Å². The number of nitrogens with one attached hydrogen (secondary N) is 1. The molecule has 0 bridgehead atoms. The van der Waals surface area contributed by atoms with E-state index in [1.165, 1.54) is 18.5 Å². The summed E-state index contributed by atoms with van der Waals surface area (Å²) in [7, 11) is 1.81. The molecule has 0 amide bonds. The highest BCUT2D eigenvalue weighted by Gasteiger charge is 2.14. The maximum atomic E-state index is 13.4. The molecule has 1 aromatic carbocycles. The molecule has 0 aliphatic heterocycles. The molecule has 6 heteroatoms. The molecule has 96 valence electrons. The van der Waals surface area contributed by atoms with Crippen molar-refractivity contribution in [1.82, 2.24) is 20.2 Å². The van der Waals surface area contributed by atoms with E-state index < -0.39 is 0 Å². The van der Waals surface area contributed by atoms with Gasteiger partial charge in [0, 0.05) is 13.5 Å². The lowest BCUT2D eigenvalue weighted by Gasteiger charge is -2.16. The zero-order valence-corrected chi connectivity index (χ0v) is 10.4. The van der Waals surface area contributed by atoms with Gasteiger partial charge in [-0.2, -0.15) is 5.10 Å². The van der Waals surface area contributed by atoms with E-state index in [4.69, 9.17) is 5.84 Å². The Morgan fingerprint density at radius 2 is 2.22 bits per heavy atom. The van der Waals surface area contributed by atoms with Crippen LogP contribution < -0.4 is 11.3 Å². The number of halogens is 1. The number of hydrogen-bond acceptors (Lipinski definition) is 4. The Kier molecular flexibility index (Phi) is 3.69. The van der Waals surface area contributed by atoms with E-state index in [1.54, 1.807) is 4.68 Å². The highest BCUT2D eigenvalue weighted by atomic mass is 19.1. The Balaban J connectivity index is 2.25. The maximum Gasteiger partial charge on any atom is 0.138 e. The first-order valence-electron chi connectivity index (χ1n) is 5.66. The molecule has 2 rings (SSSR count). The summed E-state index contributed by atoms with van der Waals surface area (Å²) >= 11 is 0. The van der Waals surface area contributed by atoms with Crippen molar-refractivity contribution in [2.75, 3.05) is 0 Å².